The standard InChI is InChI=1S/C22H28F4O2/c1-13(8-10-17-11-12-18(28-6)22(26)21(17)25)7-9-14(2)15(3)19(23)20(24)16(4)27-5/h11-14H,3-4,7-10H2,1-2,5-6H3/b20-19-. The monoisotopic (exact) mass is 400 g/mol. The number of rotatable bonds is 11. The number of aryl methyl sites for hydroxylation is 1. The molecule has 1 aromatic carbocycles. The molecule has 2 atom stereocenters. The number of hydrogen-bond donors (Lipinski definition) is 0. The maximum Gasteiger partial charge on any atom is 0.200 e. The van der Waals surface area contributed by atoms with Gasteiger partial charge in [0.1, 0.15) is 5.76 Å². The fourth-order valence-corrected chi connectivity index (χ4v) is 2.75. The molecule has 28 heavy (non-hydrogen) atoms. The molecule has 156 valence electrons. The summed E-state index contributed by atoms with van der Waals surface area (Å²) in [5, 5.41) is 0. The maximum absolute atomic E-state index is 14.1. The van der Waals surface area contributed by atoms with Crippen LogP contribution in [0.2, 0.25) is 0 Å². The Bertz CT molecular complexity index is 740. The van der Waals surface area contributed by atoms with Gasteiger partial charge >= 0.3 is 0 Å². The Kier molecular flexibility index (Phi) is 9.29. The summed E-state index contributed by atoms with van der Waals surface area (Å²) in [6.07, 6.45) is 2.30. The van der Waals surface area contributed by atoms with Gasteiger partial charge in [-0.1, -0.05) is 39.5 Å². The van der Waals surface area contributed by atoms with E-state index >= 15 is 0 Å². The van der Waals surface area contributed by atoms with Crippen molar-refractivity contribution in [1.29, 1.82) is 0 Å². The fraction of sp³-hybridized carbons (Fsp3) is 0.455. The Labute approximate surface area is 164 Å². The summed E-state index contributed by atoms with van der Waals surface area (Å²) in [7, 11) is 2.49. The normalized spacial score (nSPS) is 14.1. The second kappa shape index (κ2) is 10.9. The number of hydrogen-bond acceptors (Lipinski definition) is 2. The molecule has 0 heterocycles. The second-order valence-electron chi connectivity index (χ2n) is 6.96. The van der Waals surface area contributed by atoms with Crippen LogP contribution in [-0.4, -0.2) is 14.2 Å². The molecule has 0 bridgehead atoms. The van der Waals surface area contributed by atoms with Crippen LogP contribution < -0.4 is 4.74 Å². The summed E-state index contributed by atoms with van der Waals surface area (Å²) in [6.45, 7) is 10.7. The number of halogens is 4. The third-order valence-electron chi connectivity index (χ3n) is 4.91. The van der Waals surface area contributed by atoms with E-state index in [4.69, 9.17) is 4.74 Å². The smallest absolute Gasteiger partial charge is 0.200 e. The topological polar surface area (TPSA) is 18.5 Å². The van der Waals surface area contributed by atoms with Crippen LogP contribution >= 0.6 is 0 Å². The van der Waals surface area contributed by atoms with Gasteiger partial charge in [0.25, 0.3) is 0 Å². The number of methoxy groups -OCH3 is 2. The van der Waals surface area contributed by atoms with E-state index < -0.39 is 23.3 Å². The Morgan fingerprint density at radius 3 is 2.18 bits per heavy atom. The summed E-state index contributed by atoms with van der Waals surface area (Å²) in [5.74, 6) is -4.69. The van der Waals surface area contributed by atoms with Gasteiger partial charge in [0.05, 0.1) is 14.2 Å². The highest BCUT2D eigenvalue weighted by molar-refractivity contribution is 5.33. The summed E-state index contributed by atoms with van der Waals surface area (Å²) < 4.78 is 65.0. The van der Waals surface area contributed by atoms with Crippen LogP contribution in [0.1, 0.15) is 38.7 Å². The molecule has 0 N–H and O–H groups in total. The van der Waals surface area contributed by atoms with E-state index in [9.17, 15) is 17.6 Å². The lowest BCUT2D eigenvalue weighted by molar-refractivity contribution is 0.280. The zero-order valence-electron chi connectivity index (χ0n) is 16.9. The van der Waals surface area contributed by atoms with Crippen molar-refractivity contribution in [1.82, 2.24) is 0 Å². The predicted octanol–water partition coefficient (Wildman–Crippen LogP) is 6.83. The highest BCUT2D eigenvalue weighted by Crippen LogP contribution is 2.31. The van der Waals surface area contributed by atoms with Crippen molar-refractivity contribution in [2.24, 2.45) is 11.8 Å². The van der Waals surface area contributed by atoms with E-state index in [1.54, 1.807) is 6.92 Å². The summed E-state index contributed by atoms with van der Waals surface area (Å²) >= 11 is 0. The molecule has 0 amide bonds. The van der Waals surface area contributed by atoms with Crippen LogP contribution in [0.3, 0.4) is 0 Å². The molecule has 1 rings (SSSR count). The van der Waals surface area contributed by atoms with Gasteiger partial charge in [-0.25, -0.2) is 8.78 Å². The molecular formula is C22H28F4O2. The van der Waals surface area contributed by atoms with Crippen LogP contribution in [0, 0.1) is 23.5 Å². The molecule has 0 fully saturated rings. The second-order valence-corrected chi connectivity index (χ2v) is 6.96. The predicted molar refractivity (Wildman–Crippen MR) is 103 cm³/mol. The van der Waals surface area contributed by atoms with E-state index in [2.05, 4.69) is 17.9 Å². The first kappa shape index (κ1) is 23.8. The number of ether oxygens (including phenoxy) is 2. The van der Waals surface area contributed by atoms with Crippen molar-refractivity contribution in [2.75, 3.05) is 14.2 Å². The van der Waals surface area contributed by atoms with Crippen molar-refractivity contribution < 1.29 is 27.0 Å². The van der Waals surface area contributed by atoms with Gasteiger partial charge in [0.15, 0.2) is 23.2 Å². The highest BCUT2D eigenvalue weighted by Gasteiger charge is 2.19. The van der Waals surface area contributed by atoms with Crippen LogP contribution in [0.15, 0.2) is 48.3 Å². The van der Waals surface area contributed by atoms with Crippen LogP contribution in [-0.2, 0) is 11.2 Å². The van der Waals surface area contributed by atoms with Gasteiger partial charge in [-0.05, 0) is 48.3 Å². The molecule has 0 saturated carbocycles. The lowest BCUT2D eigenvalue weighted by Crippen LogP contribution is -2.06. The number of benzene rings is 1. The SMILES string of the molecule is C=C(OC)/C(F)=C(/F)C(=C)C(C)CCC(C)CCc1ccc(OC)c(F)c1F. The maximum atomic E-state index is 14.1. The Morgan fingerprint density at radius 2 is 1.61 bits per heavy atom. The van der Waals surface area contributed by atoms with E-state index in [0.717, 1.165) is 0 Å². The lowest BCUT2D eigenvalue weighted by Gasteiger charge is -2.17. The molecule has 0 radical (unpaired) electrons. The van der Waals surface area contributed by atoms with Crippen LogP contribution in [0.25, 0.3) is 0 Å². The molecular weight excluding hydrogens is 372 g/mol. The highest BCUT2D eigenvalue weighted by atomic mass is 19.2. The molecule has 0 saturated heterocycles. The van der Waals surface area contributed by atoms with E-state index in [1.165, 1.54) is 26.4 Å². The summed E-state index contributed by atoms with van der Waals surface area (Å²) in [5.41, 5.74) is 0.336. The van der Waals surface area contributed by atoms with Gasteiger partial charge < -0.3 is 9.47 Å². The lowest BCUT2D eigenvalue weighted by atomic mass is 9.89. The molecule has 6 heteroatoms. The number of allylic oxidation sites excluding steroid dienone is 3. The molecule has 0 aromatic heterocycles. The third-order valence-corrected chi connectivity index (χ3v) is 4.91. The Balaban J connectivity index is 2.59. The molecule has 1 aromatic rings. The molecule has 0 aliphatic rings. The third kappa shape index (κ3) is 6.14. The van der Waals surface area contributed by atoms with Crippen molar-refractivity contribution >= 4 is 0 Å². The quantitative estimate of drug-likeness (QED) is 0.230. The fourth-order valence-electron chi connectivity index (χ4n) is 2.75. The van der Waals surface area contributed by atoms with Gasteiger partial charge in [-0.15, -0.1) is 0 Å². The first-order valence-electron chi connectivity index (χ1n) is 9.12. The van der Waals surface area contributed by atoms with Gasteiger partial charge in [-0.2, -0.15) is 8.78 Å². The van der Waals surface area contributed by atoms with Crippen LogP contribution in [0.4, 0.5) is 17.6 Å². The Morgan fingerprint density at radius 1 is 0.964 bits per heavy atom. The van der Waals surface area contributed by atoms with Gasteiger partial charge in [0, 0.05) is 0 Å². The van der Waals surface area contributed by atoms with Crippen molar-refractivity contribution in [3.63, 3.8) is 0 Å². The van der Waals surface area contributed by atoms with E-state index in [-0.39, 0.29) is 34.5 Å². The Hall–Kier alpha value is -2.24. The first-order valence-corrected chi connectivity index (χ1v) is 9.12. The minimum absolute atomic E-state index is 0.0474. The van der Waals surface area contributed by atoms with Gasteiger partial charge in [0.2, 0.25) is 5.82 Å². The molecule has 0 aliphatic carbocycles. The minimum Gasteiger partial charge on any atom is -0.494 e. The summed E-state index contributed by atoms with van der Waals surface area (Å²) in [4.78, 5) is 0. The summed E-state index contributed by atoms with van der Waals surface area (Å²) in [6, 6.07) is 2.92. The molecule has 0 aliphatic heterocycles. The van der Waals surface area contributed by atoms with Crippen molar-refractivity contribution in [3.05, 3.63) is 65.5 Å². The minimum atomic E-state index is -1.15. The van der Waals surface area contributed by atoms with Crippen LogP contribution in [0.5, 0.6) is 5.75 Å². The largest absolute Gasteiger partial charge is 0.494 e. The average Bonchev–Trinajstić information content (AvgIpc) is 2.70. The van der Waals surface area contributed by atoms with E-state index in [0.29, 0.717) is 25.7 Å². The molecule has 2 unspecified atom stereocenters. The zero-order chi connectivity index (χ0) is 21.4. The average molecular weight is 400 g/mol. The zero-order valence-corrected chi connectivity index (χ0v) is 16.9. The molecule has 0 spiro atoms. The van der Waals surface area contributed by atoms with Gasteiger partial charge in [-0.3, -0.25) is 0 Å². The van der Waals surface area contributed by atoms with Crippen molar-refractivity contribution in [3.8, 4) is 5.75 Å². The van der Waals surface area contributed by atoms with Crippen molar-refractivity contribution in [2.45, 2.75) is 39.5 Å². The molecule has 2 nitrogen and oxygen atoms in total. The first-order chi connectivity index (χ1) is 13.1. The van der Waals surface area contributed by atoms with E-state index in [1.807, 2.05) is 6.92 Å².